The molecule has 0 unspecified atom stereocenters. The first-order chi connectivity index (χ1) is 6.98. The van der Waals surface area contributed by atoms with Crippen LogP contribution in [-0.2, 0) is 4.79 Å². The number of hydrogen-bond acceptors (Lipinski definition) is 2. The van der Waals surface area contributed by atoms with Gasteiger partial charge in [0.15, 0.2) is 5.75 Å². The first-order valence-electron chi connectivity index (χ1n) is 4.75. The SMILES string of the molecule is CC1(C)CC(=O)Nc2cccc(Br)c2O1. The average Bonchev–Trinajstić information content (AvgIpc) is 2.20. The van der Waals surface area contributed by atoms with Crippen LogP contribution in [0.2, 0.25) is 0 Å². The van der Waals surface area contributed by atoms with Gasteiger partial charge in [-0.2, -0.15) is 0 Å². The quantitative estimate of drug-likeness (QED) is 0.787. The molecule has 0 saturated carbocycles. The summed E-state index contributed by atoms with van der Waals surface area (Å²) in [4.78, 5) is 11.6. The maximum absolute atomic E-state index is 11.6. The van der Waals surface area contributed by atoms with Crippen LogP contribution in [0.5, 0.6) is 5.75 Å². The van der Waals surface area contributed by atoms with Crippen LogP contribution in [0.15, 0.2) is 22.7 Å². The topological polar surface area (TPSA) is 38.3 Å². The van der Waals surface area contributed by atoms with Gasteiger partial charge in [0.25, 0.3) is 0 Å². The van der Waals surface area contributed by atoms with E-state index in [9.17, 15) is 4.79 Å². The average molecular weight is 270 g/mol. The third-order valence-corrected chi connectivity index (χ3v) is 2.83. The molecule has 0 aliphatic carbocycles. The number of para-hydroxylation sites is 1. The summed E-state index contributed by atoms with van der Waals surface area (Å²) in [5.74, 6) is 0.685. The van der Waals surface area contributed by atoms with Gasteiger partial charge in [-0.3, -0.25) is 4.79 Å². The van der Waals surface area contributed by atoms with E-state index >= 15 is 0 Å². The van der Waals surface area contributed by atoms with Gasteiger partial charge in [0.05, 0.1) is 16.6 Å². The van der Waals surface area contributed by atoms with E-state index in [4.69, 9.17) is 4.74 Å². The molecule has 1 aliphatic heterocycles. The highest BCUT2D eigenvalue weighted by molar-refractivity contribution is 9.10. The lowest BCUT2D eigenvalue weighted by molar-refractivity contribution is -0.118. The number of fused-ring (bicyclic) bond motifs is 1. The number of halogens is 1. The Kier molecular flexibility index (Phi) is 2.46. The largest absolute Gasteiger partial charge is 0.484 e. The number of ether oxygens (including phenoxy) is 1. The van der Waals surface area contributed by atoms with Crippen LogP contribution in [-0.4, -0.2) is 11.5 Å². The van der Waals surface area contributed by atoms with Gasteiger partial charge in [-0.15, -0.1) is 0 Å². The molecule has 1 aliphatic rings. The van der Waals surface area contributed by atoms with Gasteiger partial charge in [0.2, 0.25) is 5.91 Å². The van der Waals surface area contributed by atoms with Crippen molar-refractivity contribution in [1.82, 2.24) is 0 Å². The molecule has 3 nitrogen and oxygen atoms in total. The molecule has 80 valence electrons. The minimum absolute atomic E-state index is 0.0168. The maximum Gasteiger partial charge on any atom is 0.228 e. The Morgan fingerprint density at radius 2 is 2.20 bits per heavy atom. The fraction of sp³-hybridized carbons (Fsp3) is 0.364. The number of nitrogens with one attached hydrogen (secondary N) is 1. The van der Waals surface area contributed by atoms with Crippen molar-refractivity contribution in [3.05, 3.63) is 22.7 Å². The molecule has 15 heavy (non-hydrogen) atoms. The minimum atomic E-state index is -0.473. The highest BCUT2D eigenvalue weighted by atomic mass is 79.9. The van der Waals surface area contributed by atoms with Crippen molar-refractivity contribution in [3.8, 4) is 5.75 Å². The lowest BCUT2D eigenvalue weighted by Gasteiger charge is -2.23. The highest BCUT2D eigenvalue weighted by Gasteiger charge is 2.29. The summed E-state index contributed by atoms with van der Waals surface area (Å²) in [5.41, 5.74) is 0.249. The minimum Gasteiger partial charge on any atom is -0.484 e. The zero-order chi connectivity index (χ0) is 11.1. The zero-order valence-corrected chi connectivity index (χ0v) is 10.2. The fourth-order valence-corrected chi connectivity index (χ4v) is 2.05. The van der Waals surface area contributed by atoms with Crippen LogP contribution in [0.25, 0.3) is 0 Å². The van der Waals surface area contributed by atoms with Crippen LogP contribution in [0.3, 0.4) is 0 Å². The molecule has 0 saturated heterocycles. The van der Waals surface area contributed by atoms with E-state index < -0.39 is 5.60 Å². The van der Waals surface area contributed by atoms with Gasteiger partial charge in [0, 0.05) is 0 Å². The van der Waals surface area contributed by atoms with Gasteiger partial charge >= 0.3 is 0 Å². The second-order valence-corrected chi connectivity index (χ2v) is 5.06. The number of anilines is 1. The van der Waals surface area contributed by atoms with E-state index in [0.717, 1.165) is 10.2 Å². The van der Waals surface area contributed by atoms with Crippen LogP contribution >= 0.6 is 15.9 Å². The molecular weight excluding hydrogens is 258 g/mol. The van der Waals surface area contributed by atoms with E-state index in [1.807, 2.05) is 32.0 Å². The van der Waals surface area contributed by atoms with Gasteiger partial charge in [-0.1, -0.05) is 6.07 Å². The van der Waals surface area contributed by atoms with E-state index in [0.29, 0.717) is 12.2 Å². The molecule has 0 spiro atoms. The van der Waals surface area contributed by atoms with Crippen molar-refractivity contribution >= 4 is 27.5 Å². The second kappa shape index (κ2) is 3.52. The summed E-state index contributed by atoms with van der Waals surface area (Å²) in [6, 6.07) is 5.59. The van der Waals surface area contributed by atoms with Crippen molar-refractivity contribution in [2.75, 3.05) is 5.32 Å². The Morgan fingerprint density at radius 3 is 2.93 bits per heavy atom. The van der Waals surface area contributed by atoms with Crippen LogP contribution < -0.4 is 10.1 Å². The van der Waals surface area contributed by atoms with Crippen molar-refractivity contribution in [1.29, 1.82) is 0 Å². The predicted molar refractivity (Wildman–Crippen MR) is 62.1 cm³/mol. The number of amides is 1. The summed E-state index contributed by atoms with van der Waals surface area (Å²) < 4.78 is 6.67. The van der Waals surface area contributed by atoms with Gasteiger partial charge in [-0.25, -0.2) is 0 Å². The Hall–Kier alpha value is -1.03. The van der Waals surface area contributed by atoms with Crippen LogP contribution in [0.1, 0.15) is 20.3 Å². The van der Waals surface area contributed by atoms with Crippen LogP contribution in [0.4, 0.5) is 5.69 Å². The molecule has 1 N–H and O–H groups in total. The smallest absolute Gasteiger partial charge is 0.228 e. The number of hydrogen-bond donors (Lipinski definition) is 1. The first kappa shape index (κ1) is 10.5. The first-order valence-corrected chi connectivity index (χ1v) is 5.55. The molecule has 0 radical (unpaired) electrons. The molecule has 0 fully saturated rings. The van der Waals surface area contributed by atoms with Crippen molar-refractivity contribution in [2.45, 2.75) is 25.9 Å². The Morgan fingerprint density at radius 1 is 1.47 bits per heavy atom. The van der Waals surface area contributed by atoms with E-state index in [-0.39, 0.29) is 5.91 Å². The monoisotopic (exact) mass is 269 g/mol. The lowest BCUT2D eigenvalue weighted by Crippen LogP contribution is -2.30. The number of rotatable bonds is 0. The Balaban J connectivity index is 2.50. The fourth-order valence-electron chi connectivity index (χ4n) is 1.60. The predicted octanol–water partition coefficient (Wildman–Crippen LogP) is 2.95. The summed E-state index contributed by atoms with van der Waals surface area (Å²) in [6.07, 6.45) is 0.355. The summed E-state index contributed by atoms with van der Waals surface area (Å²) in [6.45, 7) is 3.81. The number of carbonyl (C=O) groups is 1. The van der Waals surface area contributed by atoms with Gasteiger partial charge in [0.1, 0.15) is 5.60 Å². The molecule has 1 aromatic rings. The van der Waals surface area contributed by atoms with Crippen LogP contribution in [0, 0.1) is 0 Å². The second-order valence-electron chi connectivity index (χ2n) is 4.20. The zero-order valence-electron chi connectivity index (χ0n) is 8.63. The van der Waals surface area contributed by atoms with E-state index in [2.05, 4.69) is 21.2 Å². The Bertz CT molecular complexity index is 415. The molecule has 1 amide bonds. The molecule has 4 heteroatoms. The van der Waals surface area contributed by atoms with E-state index in [1.165, 1.54) is 0 Å². The molecule has 2 rings (SSSR count). The maximum atomic E-state index is 11.6. The van der Waals surface area contributed by atoms with E-state index in [1.54, 1.807) is 0 Å². The molecule has 1 heterocycles. The molecule has 0 bridgehead atoms. The third-order valence-electron chi connectivity index (χ3n) is 2.21. The van der Waals surface area contributed by atoms with Crippen molar-refractivity contribution < 1.29 is 9.53 Å². The van der Waals surface area contributed by atoms with Gasteiger partial charge in [-0.05, 0) is 41.9 Å². The third kappa shape index (κ3) is 2.15. The van der Waals surface area contributed by atoms with Crippen molar-refractivity contribution in [2.24, 2.45) is 0 Å². The summed E-state index contributed by atoms with van der Waals surface area (Å²) in [7, 11) is 0. The summed E-state index contributed by atoms with van der Waals surface area (Å²) >= 11 is 3.41. The summed E-state index contributed by atoms with van der Waals surface area (Å²) in [5, 5.41) is 2.82. The highest BCUT2D eigenvalue weighted by Crippen LogP contribution is 2.38. The molecule has 0 aromatic heterocycles. The van der Waals surface area contributed by atoms with Crippen molar-refractivity contribution in [3.63, 3.8) is 0 Å². The number of carbonyl (C=O) groups excluding carboxylic acids is 1. The lowest BCUT2D eigenvalue weighted by atomic mass is 10.1. The molecule has 0 atom stereocenters. The Labute approximate surface area is 96.9 Å². The number of benzene rings is 1. The normalized spacial score (nSPS) is 18.5. The molecular formula is C11H12BrNO2. The molecule has 1 aromatic carbocycles. The standard InChI is InChI=1S/C11H12BrNO2/c1-11(2)6-9(14)13-8-5-3-4-7(12)10(8)15-11/h3-5H,6H2,1-2H3,(H,13,14). The van der Waals surface area contributed by atoms with Gasteiger partial charge < -0.3 is 10.1 Å².